The first-order chi connectivity index (χ1) is 18.5. The second-order valence-corrected chi connectivity index (χ2v) is 12.4. The van der Waals surface area contributed by atoms with Gasteiger partial charge in [0.25, 0.3) is 0 Å². The lowest BCUT2D eigenvalue weighted by Gasteiger charge is -2.36. The second-order valence-electron chi connectivity index (χ2n) is 10.4. The van der Waals surface area contributed by atoms with Gasteiger partial charge >= 0.3 is 0 Å². The number of sulfonamides is 1. The number of piperazine rings is 2. The van der Waals surface area contributed by atoms with Gasteiger partial charge in [-0.2, -0.15) is 4.31 Å². The first-order valence-electron chi connectivity index (χ1n) is 13.6. The van der Waals surface area contributed by atoms with Gasteiger partial charge in [-0.3, -0.25) is 9.69 Å². The van der Waals surface area contributed by atoms with Crippen LogP contribution < -0.4 is 15.1 Å². The molecule has 3 fully saturated rings. The van der Waals surface area contributed by atoms with Crippen molar-refractivity contribution >= 4 is 33.3 Å². The number of fused-ring (bicyclic) bond motifs is 1. The van der Waals surface area contributed by atoms with E-state index in [0.29, 0.717) is 50.8 Å². The van der Waals surface area contributed by atoms with Crippen molar-refractivity contribution in [3.05, 3.63) is 35.9 Å². The molecule has 1 aromatic heterocycles. The molecule has 0 saturated carbocycles. The molecule has 3 saturated heterocycles. The third kappa shape index (κ3) is 5.35. The fourth-order valence-corrected chi connectivity index (χ4v) is 7.19. The highest BCUT2D eigenvalue weighted by Gasteiger charge is 2.30. The molecule has 0 bridgehead atoms. The maximum absolute atomic E-state index is 13.3. The number of carbonyl (C=O) groups is 1. The lowest BCUT2D eigenvalue weighted by atomic mass is 10.0. The van der Waals surface area contributed by atoms with Gasteiger partial charge in [0.05, 0.1) is 11.0 Å². The van der Waals surface area contributed by atoms with Crippen molar-refractivity contribution in [3.63, 3.8) is 0 Å². The number of rotatable bonds is 6. The number of amides is 1. The average molecular weight is 542 g/mol. The molecule has 204 valence electrons. The van der Waals surface area contributed by atoms with Crippen LogP contribution in [0.25, 0.3) is 0 Å². The Labute approximate surface area is 223 Å². The summed E-state index contributed by atoms with van der Waals surface area (Å²) >= 11 is 0. The number of nitrogens with one attached hydrogen (secondary N) is 1. The zero-order valence-corrected chi connectivity index (χ0v) is 22.4. The molecule has 1 amide bonds. The van der Waals surface area contributed by atoms with Crippen molar-refractivity contribution < 1.29 is 17.9 Å². The number of nitrogens with zero attached hydrogens (tertiary/aromatic N) is 6. The summed E-state index contributed by atoms with van der Waals surface area (Å²) in [7, 11) is -3.61. The van der Waals surface area contributed by atoms with Gasteiger partial charge < -0.3 is 19.9 Å². The van der Waals surface area contributed by atoms with Crippen LogP contribution in [-0.4, -0.2) is 105 Å². The highest BCUT2D eigenvalue weighted by Crippen LogP contribution is 2.28. The van der Waals surface area contributed by atoms with Crippen LogP contribution in [-0.2, 0) is 26.0 Å². The number of anilines is 3. The minimum Gasteiger partial charge on any atom is -0.377 e. The number of hydrogen-bond acceptors (Lipinski definition) is 9. The molecule has 1 atom stereocenters. The standard InChI is InChI=1S/C26H35N7O4S/c34-26-8-3-20-18-22(4-5-23(20)27-26)38(35,36)33-15-13-32(14-16-33)25-7-6-24(28-29-25)31-11-9-30(10-12-31)19-21-2-1-17-37-21/h4-7,18,21H,1-3,8-17,19H2,(H,27,34). The Hall–Kier alpha value is -2.80. The van der Waals surface area contributed by atoms with E-state index in [9.17, 15) is 13.2 Å². The van der Waals surface area contributed by atoms with E-state index in [1.54, 1.807) is 18.2 Å². The second kappa shape index (κ2) is 10.8. The maximum atomic E-state index is 13.3. The summed E-state index contributed by atoms with van der Waals surface area (Å²) in [4.78, 5) is 18.7. The fraction of sp³-hybridized carbons (Fsp3) is 0.577. The molecule has 6 rings (SSSR count). The number of aromatic nitrogens is 2. The van der Waals surface area contributed by atoms with Gasteiger partial charge in [0.1, 0.15) is 0 Å². The van der Waals surface area contributed by atoms with E-state index in [1.807, 2.05) is 12.1 Å². The molecule has 11 nitrogen and oxygen atoms in total. The smallest absolute Gasteiger partial charge is 0.243 e. The molecular formula is C26H35N7O4S. The van der Waals surface area contributed by atoms with Gasteiger partial charge in [-0.15, -0.1) is 10.2 Å². The number of benzene rings is 1. The Morgan fingerprint density at radius 1 is 0.895 bits per heavy atom. The van der Waals surface area contributed by atoms with Gasteiger partial charge in [-0.25, -0.2) is 8.42 Å². The van der Waals surface area contributed by atoms with Gasteiger partial charge in [0, 0.05) is 77.6 Å². The average Bonchev–Trinajstić information content (AvgIpc) is 3.46. The third-order valence-corrected chi connectivity index (χ3v) is 9.89. The number of hydrogen-bond donors (Lipinski definition) is 1. The van der Waals surface area contributed by atoms with Crippen molar-refractivity contribution in [2.45, 2.75) is 36.7 Å². The molecule has 2 aromatic rings. The molecule has 4 aliphatic rings. The molecule has 38 heavy (non-hydrogen) atoms. The zero-order chi connectivity index (χ0) is 26.1. The lowest BCUT2D eigenvalue weighted by molar-refractivity contribution is -0.116. The van der Waals surface area contributed by atoms with Crippen LogP contribution in [0.4, 0.5) is 17.3 Å². The van der Waals surface area contributed by atoms with Crippen LogP contribution in [0.5, 0.6) is 0 Å². The summed E-state index contributed by atoms with van der Waals surface area (Å²) in [6.07, 6.45) is 3.66. The number of aryl methyl sites for hydroxylation is 1. The van der Waals surface area contributed by atoms with E-state index < -0.39 is 10.0 Å². The Bertz CT molecular complexity index is 1250. The largest absolute Gasteiger partial charge is 0.377 e. The number of carbonyl (C=O) groups excluding carboxylic acids is 1. The molecular weight excluding hydrogens is 506 g/mol. The van der Waals surface area contributed by atoms with Crippen molar-refractivity contribution in [3.8, 4) is 0 Å². The molecule has 1 unspecified atom stereocenters. The highest BCUT2D eigenvalue weighted by atomic mass is 32.2. The molecule has 0 radical (unpaired) electrons. The van der Waals surface area contributed by atoms with E-state index >= 15 is 0 Å². The monoisotopic (exact) mass is 541 g/mol. The zero-order valence-electron chi connectivity index (χ0n) is 21.6. The van der Waals surface area contributed by atoms with E-state index in [2.05, 4.69) is 30.2 Å². The maximum Gasteiger partial charge on any atom is 0.243 e. The summed E-state index contributed by atoms with van der Waals surface area (Å²) in [5.41, 5.74) is 1.57. The van der Waals surface area contributed by atoms with Crippen LogP contribution in [0.15, 0.2) is 35.2 Å². The van der Waals surface area contributed by atoms with Crippen molar-refractivity contribution in [1.29, 1.82) is 0 Å². The van der Waals surface area contributed by atoms with E-state index in [-0.39, 0.29) is 10.8 Å². The fourth-order valence-electron chi connectivity index (χ4n) is 5.72. The summed E-state index contributed by atoms with van der Waals surface area (Å²) in [6, 6.07) is 8.98. The van der Waals surface area contributed by atoms with Crippen LogP contribution >= 0.6 is 0 Å². The van der Waals surface area contributed by atoms with Gasteiger partial charge in [-0.05, 0) is 55.2 Å². The molecule has 1 N–H and O–H groups in total. The van der Waals surface area contributed by atoms with Crippen LogP contribution in [0, 0.1) is 0 Å². The van der Waals surface area contributed by atoms with E-state index in [1.165, 1.54) is 17.1 Å². The topological polar surface area (TPSA) is 111 Å². The van der Waals surface area contributed by atoms with Crippen LogP contribution in [0.1, 0.15) is 24.8 Å². The van der Waals surface area contributed by atoms with E-state index in [0.717, 1.165) is 56.5 Å². The number of ether oxygens (including phenoxy) is 1. The van der Waals surface area contributed by atoms with Crippen LogP contribution in [0.2, 0.25) is 0 Å². The summed E-state index contributed by atoms with van der Waals surface area (Å²) in [6.45, 7) is 7.62. The van der Waals surface area contributed by atoms with Gasteiger partial charge in [0.15, 0.2) is 11.6 Å². The first kappa shape index (κ1) is 25.5. The molecule has 0 spiro atoms. The van der Waals surface area contributed by atoms with Gasteiger partial charge in [0.2, 0.25) is 15.9 Å². The molecule has 12 heteroatoms. The Morgan fingerprint density at radius 3 is 2.21 bits per heavy atom. The third-order valence-electron chi connectivity index (χ3n) is 7.99. The predicted molar refractivity (Wildman–Crippen MR) is 144 cm³/mol. The summed E-state index contributed by atoms with van der Waals surface area (Å²) in [5, 5.41) is 11.8. The molecule has 1 aromatic carbocycles. The van der Waals surface area contributed by atoms with Crippen molar-refractivity contribution in [1.82, 2.24) is 19.4 Å². The quantitative estimate of drug-likeness (QED) is 0.576. The minimum absolute atomic E-state index is 0.0342. The van der Waals surface area contributed by atoms with Crippen molar-refractivity contribution in [2.75, 3.05) is 80.6 Å². The normalized spacial score (nSPS) is 23.4. The van der Waals surface area contributed by atoms with Crippen molar-refractivity contribution in [2.24, 2.45) is 0 Å². The van der Waals surface area contributed by atoms with Crippen LogP contribution in [0.3, 0.4) is 0 Å². The highest BCUT2D eigenvalue weighted by molar-refractivity contribution is 7.89. The molecule has 4 aliphatic heterocycles. The Morgan fingerprint density at radius 2 is 1.58 bits per heavy atom. The Balaban J connectivity index is 1.02. The van der Waals surface area contributed by atoms with Gasteiger partial charge in [-0.1, -0.05) is 0 Å². The first-order valence-corrected chi connectivity index (χ1v) is 15.0. The lowest BCUT2D eigenvalue weighted by Crippen LogP contribution is -2.49. The van der Waals surface area contributed by atoms with E-state index in [4.69, 9.17) is 4.74 Å². The SMILES string of the molecule is O=C1CCc2cc(S(=O)(=O)N3CCN(c4ccc(N5CCN(CC6CCCO6)CC5)nn4)CC3)ccc2N1. The minimum atomic E-state index is -3.61. The summed E-state index contributed by atoms with van der Waals surface area (Å²) < 4.78 is 33.9. The predicted octanol–water partition coefficient (Wildman–Crippen LogP) is 1.17. The molecule has 5 heterocycles. The molecule has 0 aliphatic carbocycles. The Kier molecular flexibility index (Phi) is 7.21. The summed E-state index contributed by atoms with van der Waals surface area (Å²) in [5.74, 6) is 1.62.